The minimum atomic E-state index is -0.455. The van der Waals surface area contributed by atoms with Crippen molar-refractivity contribution in [2.75, 3.05) is 33.7 Å². The third kappa shape index (κ3) is 3.63. The van der Waals surface area contributed by atoms with Crippen LogP contribution in [0, 0.1) is 5.92 Å². The molecule has 2 aliphatic rings. The van der Waals surface area contributed by atoms with Crippen molar-refractivity contribution >= 4 is 29.2 Å². The molecule has 3 heterocycles. The highest BCUT2D eigenvalue weighted by molar-refractivity contribution is 7.14. The zero-order valence-electron chi connectivity index (χ0n) is 14.7. The van der Waals surface area contributed by atoms with E-state index < -0.39 is 6.03 Å². The molecule has 0 aliphatic carbocycles. The number of fused-ring (bicyclic) bond motifs is 1. The molecule has 0 bridgehead atoms. The van der Waals surface area contributed by atoms with E-state index in [1.165, 1.54) is 16.2 Å². The number of nitrogens with zero attached hydrogens (tertiary/aromatic N) is 3. The summed E-state index contributed by atoms with van der Waals surface area (Å²) >= 11 is 1.53. The topological polar surface area (TPSA) is 87.0 Å². The van der Waals surface area contributed by atoms with Crippen molar-refractivity contribution in [1.29, 1.82) is 0 Å². The summed E-state index contributed by atoms with van der Waals surface area (Å²) in [5, 5.41) is 0. The lowest BCUT2D eigenvalue weighted by atomic mass is 9.95. The van der Waals surface area contributed by atoms with Crippen molar-refractivity contribution < 1.29 is 14.4 Å². The second kappa shape index (κ2) is 7.03. The zero-order valence-corrected chi connectivity index (χ0v) is 15.5. The van der Waals surface area contributed by atoms with Crippen LogP contribution in [0.4, 0.5) is 4.79 Å². The van der Waals surface area contributed by atoms with Gasteiger partial charge >= 0.3 is 6.03 Å². The number of urea groups is 1. The highest BCUT2D eigenvalue weighted by atomic mass is 32.1. The molecule has 0 spiro atoms. The summed E-state index contributed by atoms with van der Waals surface area (Å²) in [6.45, 7) is 2.24. The van der Waals surface area contributed by atoms with Crippen molar-refractivity contribution in [3.63, 3.8) is 0 Å². The molecule has 2 aliphatic heterocycles. The first-order chi connectivity index (χ1) is 11.9. The number of primary amides is 1. The number of hydrogen-bond acceptors (Lipinski definition) is 4. The molecule has 1 aromatic heterocycles. The predicted octanol–water partition coefficient (Wildman–Crippen LogP) is 1.13. The largest absolute Gasteiger partial charge is 0.351 e. The average molecular weight is 364 g/mol. The van der Waals surface area contributed by atoms with E-state index in [1.54, 1.807) is 23.9 Å². The van der Waals surface area contributed by atoms with Crippen LogP contribution in [0.5, 0.6) is 0 Å². The van der Waals surface area contributed by atoms with Gasteiger partial charge in [0.15, 0.2) is 0 Å². The van der Waals surface area contributed by atoms with Crippen LogP contribution in [0.3, 0.4) is 0 Å². The van der Waals surface area contributed by atoms with Crippen molar-refractivity contribution in [2.24, 2.45) is 11.7 Å². The van der Waals surface area contributed by atoms with Crippen LogP contribution in [-0.2, 0) is 17.8 Å². The van der Waals surface area contributed by atoms with E-state index in [1.807, 2.05) is 11.0 Å². The highest BCUT2D eigenvalue weighted by Gasteiger charge is 2.32. The molecule has 25 heavy (non-hydrogen) atoms. The van der Waals surface area contributed by atoms with E-state index in [0.29, 0.717) is 26.2 Å². The molecule has 0 aromatic carbocycles. The van der Waals surface area contributed by atoms with Crippen molar-refractivity contribution in [3.05, 3.63) is 21.4 Å². The molecule has 2 N–H and O–H groups in total. The Labute approximate surface area is 151 Å². The second-order valence-electron chi connectivity index (χ2n) is 6.89. The fourth-order valence-electron chi connectivity index (χ4n) is 3.48. The van der Waals surface area contributed by atoms with Gasteiger partial charge in [-0.3, -0.25) is 9.59 Å². The van der Waals surface area contributed by atoms with E-state index in [2.05, 4.69) is 0 Å². The summed E-state index contributed by atoms with van der Waals surface area (Å²) in [5.41, 5.74) is 6.42. The Morgan fingerprint density at radius 3 is 2.68 bits per heavy atom. The number of carbonyl (C=O) groups excluding carboxylic acids is 3. The standard InChI is InChI=1S/C17H24N4O3S/c1-19(2)16(23)14-8-12-10-20(7-5-13(12)25-14)15(22)11-4-3-6-21(9-11)17(18)24/h8,11H,3-7,9-10H2,1-2H3,(H2,18,24)/t11-/m0/s1. The van der Waals surface area contributed by atoms with Gasteiger partial charge in [0.05, 0.1) is 10.8 Å². The maximum atomic E-state index is 12.9. The molecule has 8 heteroatoms. The number of hydrogen-bond donors (Lipinski definition) is 1. The van der Waals surface area contributed by atoms with E-state index in [4.69, 9.17) is 5.73 Å². The Morgan fingerprint density at radius 2 is 2.00 bits per heavy atom. The van der Waals surface area contributed by atoms with Gasteiger partial charge in [0.2, 0.25) is 5.91 Å². The van der Waals surface area contributed by atoms with Crippen LogP contribution in [0.2, 0.25) is 0 Å². The number of nitrogens with two attached hydrogens (primary N) is 1. The summed E-state index contributed by atoms with van der Waals surface area (Å²) in [7, 11) is 3.48. The molecule has 1 fully saturated rings. The number of likely N-dealkylation sites (tertiary alicyclic amines) is 1. The minimum Gasteiger partial charge on any atom is -0.351 e. The fraction of sp³-hybridized carbons (Fsp3) is 0.588. The van der Waals surface area contributed by atoms with Gasteiger partial charge in [-0.15, -0.1) is 11.3 Å². The normalized spacial score (nSPS) is 20.2. The molecule has 0 radical (unpaired) electrons. The van der Waals surface area contributed by atoms with Crippen LogP contribution in [0.15, 0.2) is 6.07 Å². The van der Waals surface area contributed by atoms with E-state index in [9.17, 15) is 14.4 Å². The van der Waals surface area contributed by atoms with Crippen LogP contribution < -0.4 is 5.73 Å². The zero-order chi connectivity index (χ0) is 18.1. The summed E-state index contributed by atoms with van der Waals surface area (Å²) in [6, 6.07) is 1.46. The molecular weight excluding hydrogens is 340 g/mol. The van der Waals surface area contributed by atoms with Crippen LogP contribution in [0.1, 0.15) is 33.0 Å². The molecular formula is C17H24N4O3S. The summed E-state index contributed by atoms with van der Waals surface area (Å²) in [6.07, 6.45) is 2.37. The SMILES string of the molecule is CN(C)C(=O)c1cc2c(s1)CCN(C(=O)[C@H]1CCCN(C(N)=O)C1)C2. The average Bonchev–Trinajstić information content (AvgIpc) is 3.03. The molecule has 3 rings (SSSR count). The molecule has 7 nitrogen and oxygen atoms in total. The molecule has 0 unspecified atom stereocenters. The van der Waals surface area contributed by atoms with Gasteiger partial charge in [0.25, 0.3) is 5.91 Å². The van der Waals surface area contributed by atoms with Gasteiger partial charge in [-0.1, -0.05) is 0 Å². The number of amides is 4. The van der Waals surface area contributed by atoms with Gasteiger partial charge in [-0.2, -0.15) is 0 Å². The summed E-state index contributed by atoms with van der Waals surface area (Å²) in [5.74, 6) is -0.0887. The Balaban J connectivity index is 1.69. The quantitative estimate of drug-likeness (QED) is 0.853. The maximum absolute atomic E-state index is 12.9. The van der Waals surface area contributed by atoms with Gasteiger partial charge in [-0.05, 0) is 30.9 Å². The third-order valence-electron chi connectivity index (χ3n) is 4.88. The van der Waals surface area contributed by atoms with E-state index in [0.717, 1.165) is 29.7 Å². The van der Waals surface area contributed by atoms with Gasteiger partial charge < -0.3 is 20.4 Å². The van der Waals surface area contributed by atoms with E-state index >= 15 is 0 Å². The van der Waals surface area contributed by atoms with Crippen LogP contribution >= 0.6 is 11.3 Å². The Kier molecular flexibility index (Phi) is 4.99. The Morgan fingerprint density at radius 1 is 1.24 bits per heavy atom. The molecule has 4 amide bonds. The molecule has 1 aromatic rings. The maximum Gasteiger partial charge on any atom is 0.314 e. The van der Waals surface area contributed by atoms with Crippen LogP contribution in [0.25, 0.3) is 0 Å². The summed E-state index contributed by atoms with van der Waals surface area (Å²) < 4.78 is 0. The smallest absolute Gasteiger partial charge is 0.314 e. The minimum absolute atomic E-state index is 0.00153. The highest BCUT2D eigenvalue weighted by Crippen LogP contribution is 2.30. The first-order valence-corrected chi connectivity index (χ1v) is 9.35. The lowest BCUT2D eigenvalue weighted by Crippen LogP contribution is -2.49. The first kappa shape index (κ1) is 17.7. The lowest BCUT2D eigenvalue weighted by molar-refractivity contribution is -0.137. The number of rotatable bonds is 2. The molecule has 136 valence electrons. The van der Waals surface area contributed by atoms with Gasteiger partial charge in [0.1, 0.15) is 0 Å². The number of piperidine rings is 1. The van der Waals surface area contributed by atoms with Gasteiger partial charge in [0, 0.05) is 45.2 Å². The Bertz CT molecular complexity index is 700. The third-order valence-corrected chi connectivity index (χ3v) is 6.10. The lowest BCUT2D eigenvalue weighted by Gasteiger charge is -2.35. The molecule has 1 saturated heterocycles. The molecule has 0 saturated carbocycles. The summed E-state index contributed by atoms with van der Waals surface area (Å²) in [4.78, 5) is 43.3. The predicted molar refractivity (Wildman–Crippen MR) is 95.3 cm³/mol. The van der Waals surface area contributed by atoms with Gasteiger partial charge in [-0.25, -0.2) is 4.79 Å². The first-order valence-electron chi connectivity index (χ1n) is 8.53. The molecule has 1 atom stereocenters. The van der Waals surface area contributed by atoms with Crippen molar-refractivity contribution in [3.8, 4) is 0 Å². The number of thiophene rings is 1. The van der Waals surface area contributed by atoms with Crippen molar-refractivity contribution in [1.82, 2.24) is 14.7 Å². The van der Waals surface area contributed by atoms with Crippen LogP contribution in [-0.4, -0.2) is 66.3 Å². The van der Waals surface area contributed by atoms with Crippen molar-refractivity contribution in [2.45, 2.75) is 25.8 Å². The second-order valence-corrected chi connectivity index (χ2v) is 8.03. The number of carbonyl (C=O) groups is 3. The van der Waals surface area contributed by atoms with E-state index in [-0.39, 0.29) is 17.7 Å². The monoisotopic (exact) mass is 364 g/mol. The Hall–Kier alpha value is -2.09. The fourth-order valence-corrected chi connectivity index (χ4v) is 4.67.